The van der Waals surface area contributed by atoms with Crippen LogP contribution in [-0.2, 0) is 14.3 Å². The number of anilines is 1. The Kier molecular flexibility index (Phi) is 6.00. The highest BCUT2D eigenvalue weighted by molar-refractivity contribution is 6.00. The normalized spacial score (nSPS) is 19.9. The molecule has 0 bridgehead atoms. The largest absolute Gasteiger partial charge is 0.486 e. The molecule has 2 aromatic rings. The number of carbonyl (C=O) groups is 2. The number of aliphatic carboxylic acids is 1. The number of hydrogen-bond acceptors (Lipinski definition) is 6. The van der Waals surface area contributed by atoms with Crippen molar-refractivity contribution < 1.29 is 28.9 Å². The molecule has 0 saturated heterocycles. The lowest BCUT2D eigenvalue weighted by Crippen LogP contribution is -2.44. The van der Waals surface area contributed by atoms with Crippen molar-refractivity contribution in [3.63, 3.8) is 0 Å². The standard InChI is InChI=1S/C25H26N2O6/c1-25(2,3)14-27-18-8-7-15(13-26)11-17(18)22(33-20(24(27)30)12-21(28)29)16-5-4-6-19-23(16)32-10-9-31-19/h4-8,11,20,22H,9-10,12,14H2,1-3H3,(H,28,29). The van der Waals surface area contributed by atoms with E-state index >= 15 is 0 Å². The number of carbonyl (C=O) groups excluding carboxylic acids is 1. The number of fused-ring (bicyclic) bond motifs is 2. The monoisotopic (exact) mass is 450 g/mol. The summed E-state index contributed by atoms with van der Waals surface area (Å²) < 4.78 is 17.8. The number of nitriles is 1. The smallest absolute Gasteiger partial charge is 0.306 e. The number of hydrogen-bond donors (Lipinski definition) is 1. The number of rotatable bonds is 4. The van der Waals surface area contributed by atoms with Crippen LogP contribution in [0.2, 0.25) is 0 Å². The summed E-state index contributed by atoms with van der Waals surface area (Å²) in [5.74, 6) is -0.519. The second-order valence-corrected chi connectivity index (χ2v) is 9.34. The van der Waals surface area contributed by atoms with Crippen LogP contribution in [0.3, 0.4) is 0 Å². The number of nitrogens with zero attached hydrogens (tertiary/aromatic N) is 2. The van der Waals surface area contributed by atoms with Crippen LogP contribution in [-0.4, -0.2) is 42.8 Å². The minimum Gasteiger partial charge on any atom is -0.486 e. The molecule has 33 heavy (non-hydrogen) atoms. The van der Waals surface area contributed by atoms with Crippen LogP contribution in [0.1, 0.15) is 50.0 Å². The van der Waals surface area contributed by atoms with Gasteiger partial charge in [-0.15, -0.1) is 0 Å². The lowest BCUT2D eigenvalue weighted by Gasteiger charge is -2.31. The van der Waals surface area contributed by atoms with Crippen LogP contribution in [0.25, 0.3) is 0 Å². The van der Waals surface area contributed by atoms with Crippen molar-refractivity contribution in [3.8, 4) is 17.6 Å². The minimum absolute atomic E-state index is 0.267. The van der Waals surface area contributed by atoms with Gasteiger partial charge in [0.05, 0.1) is 18.1 Å². The van der Waals surface area contributed by atoms with Gasteiger partial charge in [-0.05, 0) is 29.7 Å². The minimum atomic E-state index is -1.21. The molecule has 4 rings (SSSR count). The number of amides is 1. The maximum absolute atomic E-state index is 13.6. The van der Waals surface area contributed by atoms with Gasteiger partial charge in [0.25, 0.3) is 5.91 Å². The number of carboxylic acids is 1. The van der Waals surface area contributed by atoms with Gasteiger partial charge >= 0.3 is 5.97 Å². The first-order valence-electron chi connectivity index (χ1n) is 10.8. The maximum Gasteiger partial charge on any atom is 0.306 e. The average molecular weight is 450 g/mol. The van der Waals surface area contributed by atoms with Crippen molar-refractivity contribution >= 4 is 17.6 Å². The Labute approximate surface area is 192 Å². The lowest BCUT2D eigenvalue weighted by atomic mass is 9.93. The maximum atomic E-state index is 13.6. The summed E-state index contributed by atoms with van der Waals surface area (Å²) in [5.41, 5.74) is 1.94. The molecular formula is C25H26N2O6. The molecule has 8 heteroatoms. The molecule has 0 aromatic heterocycles. The van der Waals surface area contributed by atoms with E-state index in [-0.39, 0.29) is 5.41 Å². The zero-order chi connectivity index (χ0) is 23.8. The van der Waals surface area contributed by atoms with Crippen LogP contribution in [0.15, 0.2) is 36.4 Å². The molecule has 2 aliphatic rings. The molecular weight excluding hydrogens is 424 g/mol. The Bertz CT molecular complexity index is 1130. The van der Waals surface area contributed by atoms with Gasteiger partial charge in [-0.2, -0.15) is 5.26 Å². The quantitative estimate of drug-likeness (QED) is 0.757. The number of para-hydroxylation sites is 1. The van der Waals surface area contributed by atoms with E-state index in [1.54, 1.807) is 35.2 Å². The molecule has 0 aliphatic carbocycles. The first-order chi connectivity index (χ1) is 15.7. The molecule has 0 saturated carbocycles. The number of benzene rings is 2. The molecule has 2 atom stereocenters. The van der Waals surface area contributed by atoms with Crippen molar-refractivity contribution in [2.75, 3.05) is 24.7 Å². The van der Waals surface area contributed by atoms with E-state index < -0.39 is 30.5 Å². The van der Waals surface area contributed by atoms with E-state index in [0.29, 0.717) is 53.6 Å². The molecule has 0 fully saturated rings. The average Bonchev–Trinajstić information content (AvgIpc) is 2.87. The highest BCUT2D eigenvalue weighted by Crippen LogP contribution is 2.46. The van der Waals surface area contributed by atoms with E-state index in [9.17, 15) is 20.0 Å². The highest BCUT2D eigenvalue weighted by Gasteiger charge is 2.40. The summed E-state index contributed by atoms with van der Waals surface area (Å²) in [4.78, 5) is 26.8. The Morgan fingerprint density at radius 2 is 1.94 bits per heavy atom. The predicted octanol–water partition coefficient (Wildman–Crippen LogP) is 3.67. The van der Waals surface area contributed by atoms with Gasteiger partial charge in [0.1, 0.15) is 25.4 Å². The van der Waals surface area contributed by atoms with Gasteiger partial charge in [0.2, 0.25) is 0 Å². The van der Waals surface area contributed by atoms with Crippen molar-refractivity contribution in [2.45, 2.75) is 39.4 Å². The number of ether oxygens (including phenoxy) is 3. The van der Waals surface area contributed by atoms with Crippen LogP contribution < -0.4 is 14.4 Å². The third-order valence-electron chi connectivity index (χ3n) is 5.44. The van der Waals surface area contributed by atoms with Gasteiger partial charge in [-0.1, -0.05) is 32.9 Å². The van der Waals surface area contributed by atoms with Crippen molar-refractivity contribution in [1.29, 1.82) is 5.26 Å². The van der Waals surface area contributed by atoms with E-state index in [0.717, 1.165) is 0 Å². The van der Waals surface area contributed by atoms with Crippen LogP contribution in [0, 0.1) is 16.7 Å². The molecule has 0 spiro atoms. The summed E-state index contributed by atoms with van der Waals surface area (Å²) in [7, 11) is 0. The molecule has 1 N–H and O–H groups in total. The summed E-state index contributed by atoms with van der Waals surface area (Å²) in [6, 6.07) is 12.6. The molecule has 2 aliphatic heterocycles. The SMILES string of the molecule is CC(C)(C)CN1C(=O)C(CC(=O)O)OC(c2cccc3c2OCCO3)c2cc(C#N)ccc21. The highest BCUT2D eigenvalue weighted by atomic mass is 16.6. The summed E-state index contributed by atoms with van der Waals surface area (Å²) in [6.07, 6.45) is -2.53. The first-order valence-corrected chi connectivity index (χ1v) is 10.8. The molecule has 2 unspecified atom stereocenters. The topological polar surface area (TPSA) is 109 Å². The fourth-order valence-corrected chi connectivity index (χ4v) is 4.14. The van der Waals surface area contributed by atoms with Crippen LogP contribution in [0.4, 0.5) is 5.69 Å². The Morgan fingerprint density at radius 3 is 2.64 bits per heavy atom. The van der Waals surface area contributed by atoms with Crippen LogP contribution >= 0.6 is 0 Å². The molecule has 2 heterocycles. The van der Waals surface area contributed by atoms with Gasteiger partial charge in [0.15, 0.2) is 11.5 Å². The molecule has 2 aromatic carbocycles. The van der Waals surface area contributed by atoms with Gasteiger partial charge < -0.3 is 24.2 Å². The zero-order valence-corrected chi connectivity index (χ0v) is 18.8. The van der Waals surface area contributed by atoms with E-state index in [1.807, 2.05) is 26.8 Å². The van der Waals surface area contributed by atoms with Crippen molar-refractivity contribution in [2.24, 2.45) is 5.41 Å². The third-order valence-corrected chi connectivity index (χ3v) is 5.44. The van der Waals surface area contributed by atoms with Crippen molar-refractivity contribution in [1.82, 2.24) is 0 Å². The van der Waals surface area contributed by atoms with Crippen LogP contribution in [0.5, 0.6) is 11.5 Å². The number of carboxylic acid groups (broad SMARTS) is 1. The molecule has 172 valence electrons. The Morgan fingerprint density at radius 1 is 1.18 bits per heavy atom. The Hall–Kier alpha value is -3.57. The van der Waals surface area contributed by atoms with E-state index in [4.69, 9.17) is 14.2 Å². The molecule has 8 nitrogen and oxygen atoms in total. The second kappa shape index (κ2) is 8.75. The summed E-state index contributed by atoms with van der Waals surface area (Å²) in [6.45, 7) is 7.11. The van der Waals surface area contributed by atoms with Crippen molar-refractivity contribution in [3.05, 3.63) is 53.1 Å². The lowest BCUT2D eigenvalue weighted by molar-refractivity contribution is -0.147. The van der Waals surface area contributed by atoms with Gasteiger partial charge in [-0.25, -0.2) is 0 Å². The Balaban J connectivity index is 1.94. The molecule has 1 amide bonds. The summed E-state index contributed by atoms with van der Waals surface area (Å²) in [5, 5.41) is 19.0. The predicted molar refractivity (Wildman–Crippen MR) is 119 cm³/mol. The second-order valence-electron chi connectivity index (χ2n) is 9.34. The first kappa shape index (κ1) is 22.6. The summed E-state index contributed by atoms with van der Waals surface area (Å²) >= 11 is 0. The zero-order valence-electron chi connectivity index (χ0n) is 18.8. The fourth-order valence-electron chi connectivity index (χ4n) is 4.14. The molecule has 0 radical (unpaired) electrons. The van der Waals surface area contributed by atoms with E-state index in [2.05, 4.69) is 6.07 Å². The fraction of sp³-hybridized carbons (Fsp3) is 0.400. The van der Waals surface area contributed by atoms with Gasteiger partial charge in [-0.3, -0.25) is 9.59 Å². The third kappa shape index (κ3) is 4.64. The van der Waals surface area contributed by atoms with Gasteiger partial charge in [0, 0.05) is 23.4 Å². The van der Waals surface area contributed by atoms with E-state index in [1.165, 1.54) is 0 Å².